The third-order valence-corrected chi connectivity index (χ3v) is 12.5. The molecule has 12 heteroatoms. The zero-order valence-corrected chi connectivity index (χ0v) is 34.3. The minimum Gasteiger partial charge on any atom is -0.456 e. The van der Waals surface area contributed by atoms with Crippen molar-refractivity contribution >= 4 is 0 Å². The summed E-state index contributed by atoms with van der Waals surface area (Å²) >= 11 is 0. The molecule has 0 amide bonds. The molecular weight excluding hydrogens is 809 g/mol. The predicted molar refractivity (Wildman–Crippen MR) is 234 cm³/mol. The zero-order valence-electron chi connectivity index (χ0n) is 34.3. The average molecular weight is 845 g/mol. The van der Waals surface area contributed by atoms with Gasteiger partial charge in [-0.05, 0) is 48.5 Å². The number of pyridine rings is 4. The Morgan fingerprint density at radius 1 is 0.281 bits per heavy atom. The van der Waals surface area contributed by atoms with Gasteiger partial charge < -0.3 is 37.9 Å². The Morgan fingerprint density at radius 2 is 0.484 bits per heavy atom. The highest BCUT2D eigenvalue weighted by atomic mass is 16.7. The van der Waals surface area contributed by atoms with Gasteiger partial charge >= 0.3 is 0 Å². The molecule has 4 aromatic heterocycles. The molecular formula is C52H36N4O8. The monoisotopic (exact) mass is 844 g/mol. The number of hydrogen-bond acceptors (Lipinski definition) is 12. The van der Waals surface area contributed by atoms with Crippen LogP contribution >= 0.6 is 0 Å². The molecule has 0 saturated heterocycles. The topological polar surface area (TPSA) is 125 Å². The molecule has 0 spiro atoms. The van der Waals surface area contributed by atoms with Crippen molar-refractivity contribution < 1.29 is 37.9 Å². The van der Waals surface area contributed by atoms with E-state index >= 15 is 0 Å². The van der Waals surface area contributed by atoms with Crippen LogP contribution in [0.4, 0.5) is 0 Å². The Labute approximate surface area is 367 Å². The Hall–Kier alpha value is -8.12. The van der Waals surface area contributed by atoms with Crippen molar-refractivity contribution in [2.24, 2.45) is 0 Å². The van der Waals surface area contributed by atoms with Gasteiger partial charge in [0.2, 0.25) is 27.2 Å². The first-order valence-corrected chi connectivity index (χ1v) is 21.1. The normalized spacial score (nSPS) is 14.8. The van der Waals surface area contributed by atoms with E-state index in [1.54, 1.807) is 24.8 Å². The fourth-order valence-electron chi connectivity index (χ4n) is 9.93. The van der Waals surface area contributed by atoms with Crippen molar-refractivity contribution in [1.29, 1.82) is 0 Å². The molecule has 8 bridgehead atoms. The van der Waals surface area contributed by atoms with Crippen molar-refractivity contribution in [2.45, 2.75) is 25.7 Å². The average Bonchev–Trinajstić information content (AvgIpc) is 3.30. The van der Waals surface area contributed by atoms with Gasteiger partial charge in [-0.1, -0.05) is 24.3 Å². The maximum Gasteiger partial charge on any atom is 0.230 e. The number of rotatable bonds is 4. The third-order valence-electron chi connectivity index (χ3n) is 12.5. The van der Waals surface area contributed by atoms with Gasteiger partial charge in [0.25, 0.3) is 0 Å². The summed E-state index contributed by atoms with van der Waals surface area (Å²) in [5.41, 5.74) is 14.3. The first-order valence-electron chi connectivity index (χ1n) is 21.1. The smallest absolute Gasteiger partial charge is 0.230 e. The summed E-state index contributed by atoms with van der Waals surface area (Å²) < 4.78 is 53.8. The highest BCUT2D eigenvalue weighted by Crippen LogP contribution is 2.54. The first kappa shape index (κ1) is 36.5. The molecule has 0 unspecified atom stereocenters. The molecule has 0 saturated carbocycles. The second kappa shape index (κ2) is 14.8. The van der Waals surface area contributed by atoms with Gasteiger partial charge in [-0.15, -0.1) is 0 Å². The van der Waals surface area contributed by atoms with Crippen LogP contribution in [-0.2, 0) is 25.7 Å². The van der Waals surface area contributed by atoms with Gasteiger partial charge in [0, 0.05) is 142 Å². The van der Waals surface area contributed by atoms with Gasteiger partial charge in [-0.3, -0.25) is 19.9 Å². The zero-order chi connectivity index (χ0) is 42.1. The summed E-state index contributed by atoms with van der Waals surface area (Å²) in [6, 6.07) is 24.6. The molecule has 8 aromatic rings. The SMILES string of the molecule is c1cncc(-c2c3c4cc5c2OCOc2c(cc6c(c2-c2cccnc2)OCOc2c(cc7c(c2-c2cccnc2)OCOc2c(cc(c(c2-c2cccnc2)OCO3)C4)C7)C6)C5)c1. The van der Waals surface area contributed by atoms with Crippen molar-refractivity contribution in [3.8, 4) is 90.5 Å². The Bertz CT molecular complexity index is 2630. The second-order valence-electron chi connectivity index (χ2n) is 16.2. The lowest BCUT2D eigenvalue weighted by atomic mass is 9.85. The Balaban J connectivity index is 1.15. The van der Waals surface area contributed by atoms with E-state index in [4.69, 9.17) is 37.9 Å². The molecule has 12 nitrogen and oxygen atoms in total. The Kier molecular flexibility index (Phi) is 8.43. The quantitative estimate of drug-likeness (QED) is 0.168. The molecule has 1 aliphatic carbocycles. The Morgan fingerprint density at radius 3 is 0.656 bits per heavy atom. The first-order chi connectivity index (χ1) is 31.7. The van der Waals surface area contributed by atoms with Gasteiger partial charge in [0.15, 0.2) is 0 Å². The number of ether oxygens (including phenoxy) is 8. The van der Waals surface area contributed by atoms with E-state index in [0.29, 0.717) is 71.7 Å². The molecule has 5 aliphatic rings. The largest absolute Gasteiger partial charge is 0.456 e. The van der Waals surface area contributed by atoms with E-state index < -0.39 is 0 Å². The lowest BCUT2D eigenvalue weighted by Gasteiger charge is -2.31. The highest BCUT2D eigenvalue weighted by molar-refractivity contribution is 5.86. The molecule has 0 N–H and O–H groups in total. The van der Waals surface area contributed by atoms with E-state index in [2.05, 4.69) is 44.2 Å². The molecule has 64 heavy (non-hydrogen) atoms. The maximum atomic E-state index is 6.72. The molecule has 4 aliphatic heterocycles. The van der Waals surface area contributed by atoms with Crippen molar-refractivity contribution in [3.05, 3.63) is 167 Å². The summed E-state index contributed by atoms with van der Waals surface area (Å²) in [6.45, 7) is -0.341. The molecule has 0 fully saturated rings. The third kappa shape index (κ3) is 5.89. The van der Waals surface area contributed by atoms with E-state index in [1.165, 1.54) is 0 Å². The van der Waals surface area contributed by atoms with Gasteiger partial charge in [-0.25, -0.2) is 0 Å². The van der Waals surface area contributed by atoms with Crippen LogP contribution in [0.25, 0.3) is 44.5 Å². The van der Waals surface area contributed by atoms with Crippen LogP contribution in [0.2, 0.25) is 0 Å². The van der Waals surface area contributed by atoms with E-state index in [9.17, 15) is 0 Å². The van der Waals surface area contributed by atoms with Gasteiger partial charge in [0.1, 0.15) is 46.0 Å². The number of nitrogens with zero attached hydrogens (tertiary/aromatic N) is 4. The lowest BCUT2D eigenvalue weighted by Crippen LogP contribution is -2.20. The van der Waals surface area contributed by atoms with Crippen LogP contribution in [0.15, 0.2) is 122 Å². The minimum absolute atomic E-state index is 0.0853. The standard InChI is InChI=1S/C52H36N4O8/c1-5-29(21-53-9-1)41-45-33-13-34-18-36-15-38-20-40-16-39-19-37-14-35(17-33)47(59-25-57-45)42(30-6-2-10-54-22-30)49(37)61-27-63-51(39)44(32-8-4-12-56-24-32)52(40)64-28-62-50(38)43(31-7-3-11-55-23-31)48(36)60-26-58-46(34)41/h1-16,21-24H,17-20,25-28H2. The van der Waals surface area contributed by atoms with E-state index in [1.807, 2.05) is 73.3 Å². The number of hydrogen-bond donors (Lipinski definition) is 0. The summed E-state index contributed by atoms with van der Waals surface area (Å²) in [4.78, 5) is 18.1. The van der Waals surface area contributed by atoms with Gasteiger partial charge in [0.05, 0.1) is 22.3 Å². The summed E-state index contributed by atoms with van der Waals surface area (Å²) in [5.74, 6) is 5.26. The number of aromatic nitrogens is 4. The fraction of sp³-hybridized carbons (Fsp3) is 0.154. The second-order valence-corrected chi connectivity index (χ2v) is 16.2. The van der Waals surface area contributed by atoms with E-state index in [-0.39, 0.29) is 27.2 Å². The van der Waals surface area contributed by atoms with Gasteiger partial charge in [-0.2, -0.15) is 0 Å². The lowest BCUT2D eigenvalue weighted by molar-refractivity contribution is 0.103. The molecule has 4 aromatic carbocycles. The van der Waals surface area contributed by atoms with Crippen LogP contribution < -0.4 is 37.9 Å². The van der Waals surface area contributed by atoms with Crippen LogP contribution in [0, 0.1) is 0 Å². The summed E-state index contributed by atoms with van der Waals surface area (Å²) in [5, 5.41) is 0. The van der Waals surface area contributed by atoms with Crippen LogP contribution in [-0.4, -0.2) is 47.1 Å². The van der Waals surface area contributed by atoms with Crippen molar-refractivity contribution in [2.75, 3.05) is 27.2 Å². The van der Waals surface area contributed by atoms with Crippen LogP contribution in [0.3, 0.4) is 0 Å². The summed E-state index contributed by atoms with van der Waals surface area (Å²) in [6.07, 6.45) is 16.3. The molecule has 13 rings (SSSR count). The highest BCUT2D eigenvalue weighted by Gasteiger charge is 2.35. The maximum absolute atomic E-state index is 6.72. The molecule has 0 atom stereocenters. The fourth-order valence-corrected chi connectivity index (χ4v) is 9.93. The molecule has 8 heterocycles. The van der Waals surface area contributed by atoms with E-state index in [0.717, 1.165) is 89.0 Å². The van der Waals surface area contributed by atoms with Crippen molar-refractivity contribution in [3.63, 3.8) is 0 Å². The molecule has 0 radical (unpaired) electrons. The van der Waals surface area contributed by atoms with Crippen LogP contribution in [0.5, 0.6) is 46.0 Å². The molecule has 312 valence electrons. The number of benzene rings is 4. The minimum atomic E-state index is -0.0853. The summed E-state index contributed by atoms with van der Waals surface area (Å²) in [7, 11) is 0. The van der Waals surface area contributed by atoms with Crippen LogP contribution in [0.1, 0.15) is 44.5 Å². The predicted octanol–water partition coefficient (Wildman–Crippen LogP) is 9.53. The van der Waals surface area contributed by atoms with Crippen molar-refractivity contribution in [1.82, 2.24) is 19.9 Å².